The largest absolute Gasteiger partial charge is 0.480 e. The third kappa shape index (κ3) is 7.89. The molecular formula is C25H31N3O9. The van der Waals surface area contributed by atoms with Crippen LogP contribution in [0, 0.1) is 0 Å². The number of barbiturate groups is 1. The van der Waals surface area contributed by atoms with Gasteiger partial charge in [-0.1, -0.05) is 25.5 Å². The summed E-state index contributed by atoms with van der Waals surface area (Å²) in [6.45, 7) is 4.31. The Hall–Kier alpha value is -4.22. The van der Waals surface area contributed by atoms with E-state index in [1.165, 1.54) is 11.0 Å². The molecular weight excluding hydrogens is 486 g/mol. The van der Waals surface area contributed by atoms with E-state index in [0.29, 0.717) is 29.0 Å². The summed E-state index contributed by atoms with van der Waals surface area (Å²) < 4.78 is 9.94. The van der Waals surface area contributed by atoms with Crippen LogP contribution in [-0.4, -0.2) is 90.1 Å². The maximum atomic E-state index is 13.0. The van der Waals surface area contributed by atoms with Gasteiger partial charge in [0.2, 0.25) is 0 Å². The van der Waals surface area contributed by atoms with Gasteiger partial charge >= 0.3 is 23.9 Å². The van der Waals surface area contributed by atoms with Crippen molar-refractivity contribution in [3.8, 4) is 0 Å². The summed E-state index contributed by atoms with van der Waals surface area (Å²) in [6, 6.07) is 5.31. The molecule has 0 saturated carbocycles. The number of hydrogen-bond donors (Lipinski definition) is 1. The molecule has 1 aromatic rings. The summed E-state index contributed by atoms with van der Waals surface area (Å²) in [6.07, 6.45) is 2.44. The number of rotatable bonds is 13. The van der Waals surface area contributed by atoms with Gasteiger partial charge in [-0.05, 0) is 44.0 Å². The van der Waals surface area contributed by atoms with Crippen molar-refractivity contribution in [1.82, 2.24) is 9.80 Å². The number of hydrogen-bond acceptors (Lipinski definition) is 9. The lowest BCUT2D eigenvalue weighted by molar-refractivity contribution is -0.144. The van der Waals surface area contributed by atoms with Crippen LogP contribution in [0.2, 0.25) is 0 Å². The van der Waals surface area contributed by atoms with Crippen LogP contribution in [0.15, 0.2) is 29.8 Å². The quantitative estimate of drug-likeness (QED) is 0.232. The number of unbranched alkanes of at least 4 members (excludes halogenated alkanes) is 1. The Balaban J connectivity index is 2.36. The number of imide groups is 2. The molecule has 37 heavy (non-hydrogen) atoms. The zero-order valence-corrected chi connectivity index (χ0v) is 21.1. The highest BCUT2D eigenvalue weighted by Crippen LogP contribution is 2.22. The first-order valence-corrected chi connectivity index (χ1v) is 11.9. The highest BCUT2D eigenvalue weighted by Gasteiger charge is 2.42. The molecule has 200 valence electrons. The monoisotopic (exact) mass is 517 g/mol. The van der Waals surface area contributed by atoms with E-state index in [9.17, 15) is 28.8 Å². The third-order valence-corrected chi connectivity index (χ3v) is 5.26. The Labute approximate surface area is 214 Å². The number of amides is 4. The van der Waals surface area contributed by atoms with E-state index < -0.39 is 42.3 Å². The van der Waals surface area contributed by atoms with E-state index in [1.54, 1.807) is 38.1 Å². The normalized spacial score (nSPS) is 14.7. The Kier molecular flexibility index (Phi) is 10.8. The fourth-order valence-corrected chi connectivity index (χ4v) is 3.52. The predicted octanol–water partition coefficient (Wildman–Crippen LogP) is 1.68. The van der Waals surface area contributed by atoms with E-state index in [-0.39, 0.29) is 38.4 Å². The van der Waals surface area contributed by atoms with Gasteiger partial charge in [0.1, 0.15) is 25.2 Å². The van der Waals surface area contributed by atoms with E-state index in [1.807, 2.05) is 6.92 Å². The minimum atomic E-state index is -1.39. The van der Waals surface area contributed by atoms with Gasteiger partial charge in [0, 0.05) is 12.2 Å². The van der Waals surface area contributed by atoms with Gasteiger partial charge in [0.05, 0.1) is 13.2 Å². The molecule has 0 atom stereocenters. The fraction of sp³-hybridized carbons (Fsp3) is 0.440. The number of carboxylic acid groups (broad SMARTS) is 1. The molecule has 12 nitrogen and oxygen atoms in total. The standard InChI is InChI=1S/C25H31N3O9/c1-4-7-12-27-23(33)19(24(34)28(25(27)35)14-20(29)30)13-17-8-10-18(11-9-17)26(15-21(31)36-5-2)16-22(32)37-6-3/h8-11,13H,4-7,12,14-16H2,1-3H3,(H,29,30). The number of esters is 2. The molecule has 0 bridgehead atoms. The van der Waals surface area contributed by atoms with E-state index in [2.05, 4.69) is 0 Å². The summed E-state index contributed by atoms with van der Waals surface area (Å²) in [7, 11) is 0. The Bertz CT molecular complexity index is 1050. The molecule has 0 spiro atoms. The molecule has 0 radical (unpaired) electrons. The van der Waals surface area contributed by atoms with E-state index >= 15 is 0 Å². The second-order valence-corrected chi connectivity index (χ2v) is 7.99. The lowest BCUT2D eigenvalue weighted by atomic mass is 10.1. The molecule has 1 heterocycles. The van der Waals surface area contributed by atoms with Crippen molar-refractivity contribution in [3.63, 3.8) is 0 Å². The van der Waals surface area contributed by atoms with Crippen LogP contribution < -0.4 is 4.90 Å². The Morgan fingerprint density at radius 1 is 0.892 bits per heavy atom. The smallest absolute Gasteiger partial charge is 0.334 e. The molecule has 0 aromatic heterocycles. The van der Waals surface area contributed by atoms with Crippen molar-refractivity contribution >= 4 is 47.5 Å². The number of urea groups is 1. The van der Waals surface area contributed by atoms with Crippen LogP contribution in [-0.2, 0) is 33.4 Å². The van der Waals surface area contributed by atoms with Gasteiger partial charge < -0.3 is 19.5 Å². The molecule has 1 aromatic carbocycles. The summed E-state index contributed by atoms with van der Waals surface area (Å²) in [4.78, 5) is 76.6. The molecule has 1 N–H and O–H groups in total. The molecule has 1 saturated heterocycles. The van der Waals surface area contributed by atoms with Gasteiger partial charge in [-0.15, -0.1) is 0 Å². The summed E-state index contributed by atoms with van der Waals surface area (Å²) in [5.74, 6) is -4.27. The van der Waals surface area contributed by atoms with Crippen molar-refractivity contribution in [2.45, 2.75) is 33.6 Å². The maximum absolute atomic E-state index is 13.0. The first-order valence-electron chi connectivity index (χ1n) is 11.9. The SMILES string of the molecule is CCCCN1C(=O)C(=Cc2ccc(N(CC(=O)OCC)CC(=O)OCC)cc2)C(=O)N(CC(=O)O)C1=O. The fourth-order valence-electron chi connectivity index (χ4n) is 3.52. The van der Waals surface area contributed by atoms with Gasteiger partial charge in [0.15, 0.2) is 0 Å². The highest BCUT2D eigenvalue weighted by atomic mass is 16.5. The van der Waals surface area contributed by atoms with Gasteiger partial charge in [0.25, 0.3) is 11.8 Å². The van der Waals surface area contributed by atoms with Crippen LogP contribution >= 0.6 is 0 Å². The average Bonchev–Trinajstić information content (AvgIpc) is 2.84. The summed E-state index contributed by atoms with van der Waals surface area (Å²) in [5, 5.41) is 9.14. The summed E-state index contributed by atoms with van der Waals surface area (Å²) >= 11 is 0. The van der Waals surface area contributed by atoms with Crippen molar-refractivity contribution in [3.05, 3.63) is 35.4 Å². The van der Waals surface area contributed by atoms with Crippen LogP contribution in [0.25, 0.3) is 6.08 Å². The van der Waals surface area contributed by atoms with Crippen molar-refractivity contribution < 1.29 is 43.3 Å². The van der Waals surface area contributed by atoms with Gasteiger partial charge in [-0.3, -0.25) is 28.9 Å². The first-order chi connectivity index (χ1) is 17.6. The van der Waals surface area contributed by atoms with E-state index in [0.717, 1.165) is 4.90 Å². The molecule has 0 aliphatic carbocycles. The van der Waals surface area contributed by atoms with Gasteiger partial charge in [-0.25, -0.2) is 9.69 Å². The number of carboxylic acids is 1. The minimum Gasteiger partial charge on any atom is -0.480 e. The number of nitrogens with zero attached hydrogens (tertiary/aromatic N) is 3. The summed E-state index contributed by atoms with van der Waals surface area (Å²) in [5.41, 5.74) is 0.546. The van der Waals surface area contributed by atoms with Crippen LogP contribution in [0.1, 0.15) is 39.2 Å². The second kappa shape index (κ2) is 13.8. The number of aliphatic carboxylic acids is 1. The predicted molar refractivity (Wildman–Crippen MR) is 131 cm³/mol. The van der Waals surface area contributed by atoms with Crippen molar-refractivity contribution in [1.29, 1.82) is 0 Å². The number of carbonyl (C=O) groups is 6. The Morgan fingerprint density at radius 3 is 1.92 bits per heavy atom. The molecule has 4 amide bonds. The average molecular weight is 518 g/mol. The molecule has 1 fully saturated rings. The lowest BCUT2D eigenvalue weighted by Gasteiger charge is -2.33. The van der Waals surface area contributed by atoms with Crippen LogP contribution in [0.5, 0.6) is 0 Å². The van der Waals surface area contributed by atoms with Crippen LogP contribution in [0.4, 0.5) is 10.5 Å². The molecule has 0 unspecified atom stereocenters. The van der Waals surface area contributed by atoms with Crippen LogP contribution in [0.3, 0.4) is 0 Å². The number of benzene rings is 1. The maximum Gasteiger partial charge on any atom is 0.334 e. The van der Waals surface area contributed by atoms with Crippen molar-refractivity contribution in [2.75, 3.05) is 44.3 Å². The minimum absolute atomic E-state index is 0.0462. The molecule has 2 rings (SSSR count). The highest BCUT2D eigenvalue weighted by molar-refractivity contribution is 6.31. The number of carbonyl (C=O) groups excluding carboxylic acids is 5. The second-order valence-electron chi connectivity index (χ2n) is 7.99. The number of ether oxygens (including phenoxy) is 2. The molecule has 1 aliphatic heterocycles. The van der Waals surface area contributed by atoms with Crippen molar-refractivity contribution in [2.24, 2.45) is 0 Å². The van der Waals surface area contributed by atoms with E-state index in [4.69, 9.17) is 14.6 Å². The lowest BCUT2D eigenvalue weighted by Crippen LogP contribution is -2.57. The zero-order chi connectivity index (χ0) is 27.5. The topological polar surface area (TPSA) is 151 Å². The zero-order valence-electron chi connectivity index (χ0n) is 21.1. The third-order valence-electron chi connectivity index (χ3n) is 5.26. The Morgan fingerprint density at radius 2 is 1.43 bits per heavy atom. The van der Waals surface area contributed by atoms with Gasteiger partial charge in [-0.2, -0.15) is 0 Å². The first kappa shape index (κ1) is 29.0. The molecule has 1 aliphatic rings. The number of anilines is 1. The molecule has 12 heteroatoms.